The molecule has 1 aliphatic heterocycles. The summed E-state index contributed by atoms with van der Waals surface area (Å²) in [6.07, 6.45) is 4.92. The Morgan fingerprint density at radius 2 is 1.85 bits per heavy atom. The van der Waals surface area contributed by atoms with Crippen LogP contribution in [-0.2, 0) is 16.1 Å². The van der Waals surface area contributed by atoms with Crippen LogP contribution in [0.1, 0.15) is 22.7 Å². The number of aliphatic hydroxyl groups excluding tert-OH is 1. The van der Waals surface area contributed by atoms with Gasteiger partial charge in [0.15, 0.2) is 0 Å². The number of ether oxygens (including phenoxy) is 1. The number of amides is 1. The lowest BCUT2D eigenvalue weighted by atomic mass is 9.95. The Balaban J connectivity index is 1.80. The van der Waals surface area contributed by atoms with E-state index in [1.807, 2.05) is 6.07 Å². The van der Waals surface area contributed by atoms with E-state index in [-0.39, 0.29) is 17.9 Å². The lowest BCUT2D eigenvalue weighted by Crippen LogP contribution is -2.29. The van der Waals surface area contributed by atoms with Crippen molar-refractivity contribution < 1.29 is 19.4 Å². The first kappa shape index (κ1) is 22.3. The maximum Gasteiger partial charge on any atom is 0.295 e. The number of Topliss-reactive ketones (excluding diaryl/α,β-unsaturated/α-hetero) is 1. The van der Waals surface area contributed by atoms with Gasteiger partial charge in [-0.25, -0.2) is 0 Å². The summed E-state index contributed by atoms with van der Waals surface area (Å²) < 4.78 is 5.54. The molecule has 4 rings (SSSR count). The Morgan fingerprint density at radius 3 is 2.48 bits per heavy atom. The minimum absolute atomic E-state index is 0.0194. The molecule has 0 bridgehead atoms. The van der Waals surface area contributed by atoms with Crippen LogP contribution in [0.25, 0.3) is 5.76 Å². The fourth-order valence-electron chi connectivity index (χ4n) is 3.74. The van der Waals surface area contributed by atoms with Crippen LogP contribution in [0.15, 0.2) is 91.3 Å². The summed E-state index contributed by atoms with van der Waals surface area (Å²) in [5, 5.41) is 11.6. The quantitative estimate of drug-likeness (QED) is 0.234. The summed E-state index contributed by atoms with van der Waals surface area (Å²) in [6, 6.07) is 16.3. The van der Waals surface area contributed by atoms with E-state index in [4.69, 9.17) is 16.3 Å². The SMILES string of the molecule is C=CCOc1ccc(C2/C(=C(/O)c3ccc(Cl)cc3)C(=O)C(=O)N2Cc2cccnc2)cc1. The van der Waals surface area contributed by atoms with Gasteiger partial charge in [-0.1, -0.05) is 42.5 Å². The van der Waals surface area contributed by atoms with Crippen molar-refractivity contribution in [3.8, 4) is 5.75 Å². The number of carbonyl (C=O) groups is 2. The highest BCUT2D eigenvalue weighted by atomic mass is 35.5. The Kier molecular flexibility index (Phi) is 6.56. The molecule has 1 amide bonds. The average Bonchev–Trinajstić information content (AvgIpc) is 3.08. The molecular formula is C26H21ClN2O4. The van der Waals surface area contributed by atoms with E-state index in [0.29, 0.717) is 28.5 Å². The van der Waals surface area contributed by atoms with Crippen LogP contribution in [0.4, 0.5) is 0 Å². The normalized spacial score (nSPS) is 17.2. The van der Waals surface area contributed by atoms with Gasteiger partial charge in [0.25, 0.3) is 11.7 Å². The molecule has 1 aromatic heterocycles. The molecule has 3 aromatic rings. The van der Waals surface area contributed by atoms with Crippen LogP contribution in [0.5, 0.6) is 5.75 Å². The number of carbonyl (C=O) groups excluding carboxylic acids is 2. The highest BCUT2D eigenvalue weighted by Gasteiger charge is 2.46. The Bertz CT molecular complexity index is 1210. The molecule has 0 saturated carbocycles. The third kappa shape index (κ3) is 4.66. The van der Waals surface area contributed by atoms with Gasteiger partial charge in [0.2, 0.25) is 0 Å². The number of ketones is 1. The van der Waals surface area contributed by atoms with Crippen molar-refractivity contribution in [2.75, 3.05) is 6.61 Å². The topological polar surface area (TPSA) is 79.7 Å². The molecule has 0 spiro atoms. The molecule has 0 radical (unpaired) electrons. The van der Waals surface area contributed by atoms with Crippen molar-refractivity contribution in [2.24, 2.45) is 0 Å². The van der Waals surface area contributed by atoms with Gasteiger partial charge in [-0.3, -0.25) is 14.6 Å². The van der Waals surface area contributed by atoms with E-state index in [1.165, 1.54) is 4.90 Å². The lowest BCUT2D eigenvalue weighted by molar-refractivity contribution is -0.140. The first-order chi connectivity index (χ1) is 16.0. The van der Waals surface area contributed by atoms with E-state index < -0.39 is 17.7 Å². The molecule has 1 unspecified atom stereocenters. The number of hydrogen-bond acceptors (Lipinski definition) is 5. The molecule has 166 valence electrons. The van der Waals surface area contributed by atoms with Gasteiger partial charge in [-0.05, 0) is 53.6 Å². The van der Waals surface area contributed by atoms with Gasteiger partial charge in [0.05, 0.1) is 11.6 Å². The number of aromatic nitrogens is 1. The number of hydrogen-bond donors (Lipinski definition) is 1. The number of benzene rings is 2. The first-order valence-corrected chi connectivity index (χ1v) is 10.6. The van der Waals surface area contributed by atoms with E-state index in [0.717, 1.165) is 5.56 Å². The largest absolute Gasteiger partial charge is 0.507 e. The first-order valence-electron chi connectivity index (χ1n) is 10.3. The molecule has 6 nitrogen and oxygen atoms in total. The summed E-state index contributed by atoms with van der Waals surface area (Å²) in [5.41, 5.74) is 1.85. The second kappa shape index (κ2) is 9.71. The predicted octanol–water partition coefficient (Wildman–Crippen LogP) is 4.92. The van der Waals surface area contributed by atoms with Gasteiger partial charge in [0.1, 0.15) is 18.1 Å². The van der Waals surface area contributed by atoms with Crippen LogP contribution in [0.3, 0.4) is 0 Å². The van der Waals surface area contributed by atoms with Crippen LogP contribution in [0.2, 0.25) is 5.02 Å². The maximum absolute atomic E-state index is 13.1. The third-order valence-electron chi connectivity index (χ3n) is 5.30. The molecule has 7 heteroatoms. The summed E-state index contributed by atoms with van der Waals surface area (Å²) in [6.45, 7) is 4.15. The summed E-state index contributed by atoms with van der Waals surface area (Å²) >= 11 is 5.97. The second-order valence-corrected chi connectivity index (χ2v) is 7.90. The number of rotatable bonds is 7. The molecule has 1 fully saturated rings. The second-order valence-electron chi connectivity index (χ2n) is 7.46. The molecule has 0 aliphatic carbocycles. The van der Waals surface area contributed by atoms with Gasteiger partial charge in [0, 0.05) is 29.5 Å². The zero-order valence-electron chi connectivity index (χ0n) is 17.6. The summed E-state index contributed by atoms with van der Waals surface area (Å²) in [4.78, 5) is 31.7. The number of halogens is 1. The molecule has 33 heavy (non-hydrogen) atoms. The van der Waals surface area contributed by atoms with Crippen molar-refractivity contribution in [1.82, 2.24) is 9.88 Å². The fourth-order valence-corrected chi connectivity index (χ4v) is 3.87. The van der Waals surface area contributed by atoms with Crippen molar-refractivity contribution in [3.63, 3.8) is 0 Å². The molecule has 1 aliphatic rings. The average molecular weight is 461 g/mol. The Labute approximate surface area is 196 Å². The molecule has 1 saturated heterocycles. The molecule has 1 N–H and O–H groups in total. The summed E-state index contributed by atoms with van der Waals surface area (Å²) in [5.74, 6) is -1.06. The Morgan fingerprint density at radius 1 is 1.12 bits per heavy atom. The number of likely N-dealkylation sites (tertiary alicyclic amines) is 1. The monoisotopic (exact) mass is 460 g/mol. The minimum atomic E-state index is -0.783. The van der Waals surface area contributed by atoms with E-state index in [1.54, 1.807) is 73.1 Å². The van der Waals surface area contributed by atoms with E-state index in [9.17, 15) is 14.7 Å². The summed E-state index contributed by atoms with van der Waals surface area (Å²) in [7, 11) is 0. The molecule has 1 atom stereocenters. The van der Waals surface area contributed by atoms with Crippen LogP contribution in [-0.4, -0.2) is 33.3 Å². The van der Waals surface area contributed by atoms with Gasteiger partial charge in [-0.2, -0.15) is 0 Å². The van der Waals surface area contributed by atoms with Gasteiger partial charge < -0.3 is 14.7 Å². The van der Waals surface area contributed by atoms with Crippen molar-refractivity contribution in [1.29, 1.82) is 0 Å². The van der Waals surface area contributed by atoms with Crippen LogP contribution in [0, 0.1) is 0 Å². The zero-order valence-corrected chi connectivity index (χ0v) is 18.4. The lowest BCUT2D eigenvalue weighted by Gasteiger charge is -2.25. The number of pyridine rings is 1. The highest BCUT2D eigenvalue weighted by Crippen LogP contribution is 2.40. The molecular weight excluding hydrogens is 440 g/mol. The standard InChI is InChI=1S/C26H21ClN2O4/c1-2-14-33-21-11-7-18(8-12-21)23-22(24(30)19-5-9-20(27)10-6-19)25(31)26(32)29(23)16-17-4-3-13-28-15-17/h2-13,15,23,30H,1,14,16H2/b24-22-. The van der Waals surface area contributed by atoms with Crippen molar-refractivity contribution >= 4 is 29.1 Å². The van der Waals surface area contributed by atoms with Crippen molar-refractivity contribution in [3.05, 3.63) is 113 Å². The van der Waals surface area contributed by atoms with E-state index in [2.05, 4.69) is 11.6 Å². The zero-order chi connectivity index (χ0) is 23.4. The minimum Gasteiger partial charge on any atom is -0.507 e. The molecule has 2 aromatic carbocycles. The Hall–Kier alpha value is -3.90. The smallest absolute Gasteiger partial charge is 0.295 e. The van der Waals surface area contributed by atoms with Crippen LogP contribution >= 0.6 is 11.6 Å². The fraction of sp³-hybridized carbons (Fsp3) is 0.115. The van der Waals surface area contributed by atoms with Crippen LogP contribution < -0.4 is 4.74 Å². The van der Waals surface area contributed by atoms with Crippen molar-refractivity contribution in [2.45, 2.75) is 12.6 Å². The van der Waals surface area contributed by atoms with Gasteiger partial charge >= 0.3 is 0 Å². The predicted molar refractivity (Wildman–Crippen MR) is 126 cm³/mol. The highest BCUT2D eigenvalue weighted by molar-refractivity contribution is 6.46. The molecule has 2 heterocycles. The van der Waals surface area contributed by atoms with Gasteiger partial charge in [-0.15, -0.1) is 0 Å². The number of aliphatic hydroxyl groups is 1. The third-order valence-corrected chi connectivity index (χ3v) is 5.55. The number of nitrogens with zero attached hydrogens (tertiary/aromatic N) is 2. The maximum atomic E-state index is 13.1. The van der Waals surface area contributed by atoms with E-state index >= 15 is 0 Å².